The summed E-state index contributed by atoms with van der Waals surface area (Å²) in [7, 11) is 1.48. The van der Waals surface area contributed by atoms with Crippen molar-refractivity contribution in [1.82, 2.24) is 0 Å². The van der Waals surface area contributed by atoms with Gasteiger partial charge >= 0.3 is 29.6 Å². The van der Waals surface area contributed by atoms with Gasteiger partial charge in [0.15, 0.2) is 0 Å². The largest absolute Gasteiger partial charge is 1.00 e. The van der Waals surface area contributed by atoms with E-state index in [1.165, 1.54) is 25.5 Å². The molecule has 0 atom stereocenters. The van der Waals surface area contributed by atoms with Crippen LogP contribution in [0.25, 0.3) is 0 Å². The molecule has 4 heteroatoms. The number of hydrogen-bond acceptors (Lipinski definition) is 3. The van der Waals surface area contributed by atoms with Crippen molar-refractivity contribution >= 4 is 5.97 Å². The maximum atomic E-state index is 9.69. The minimum absolute atomic E-state index is 0. The molecule has 0 rings (SSSR count). The molecule has 0 spiro atoms. The molecule has 0 amide bonds. The van der Waals surface area contributed by atoms with E-state index in [0.29, 0.717) is 0 Å². The van der Waals surface area contributed by atoms with Gasteiger partial charge in [-0.25, -0.2) is 0 Å². The molecule has 0 aliphatic heterocycles. The van der Waals surface area contributed by atoms with Crippen molar-refractivity contribution < 1.29 is 44.2 Å². The molecule has 50 valence electrons. The van der Waals surface area contributed by atoms with E-state index in [1.807, 2.05) is 0 Å². The first-order valence-corrected chi connectivity index (χ1v) is 2.34. The topological polar surface area (TPSA) is 49.4 Å². The molecular weight excluding hydrogens is 143 g/mol. The molecule has 3 nitrogen and oxygen atoms in total. The van der Waals surface area contributed by atoms with Crippen LogP contribution in [0.4, 0.5) is 0 Å². The number of carbonyl (C=O) groups is 1. The second-order valence-corrected chi connectivity index (χ2v) is 1.24. The first kappa shape index (κ1) is 12.4. The van der Waals surface area contributed by atoms with E-state index in [1.54, 1.807) is 0 Å². The van der Waals surface area contributed by atoms with Crippen LogP contribution in [0, 0.1) is 0 Å². The third-order valence-electron chi connectivity index (χ3n) is 0.558. The fourth-order valence-electron chi connectivity index (χ4n) is 0.258. The van der Waals surface area contributed by atoms with Crippen molar-refractivity contribution in [3.63, 3.8) is 0 Å². The van der Waals surface area contributed by atoms with E-state index in [0.717, 1.165) is 6.08 Å². The summed E-state index contributed by atoms with van der Waals surface area (Å²) in [5.74, 6) is -1.21. The summed E-state index contributed by atoms with van der Waals surface area (Å²) in [6.45, 7) is 0. The third kappa shape index (κ3) is 10.7. The second kappa shape index (κ2) is 8.75. The van der Waals surface area contributed by atoms with Gasteiger partial charge in [-0.05, 0) is 12.2 Å². The Labute approximate surface area is 81.7 Å². The molecule has 0 fully saturated rings. The van der Waals surface area contributed by atoms with Crippen LogP contribution in [0.15, 0.2) is 24.5 Å². The van der Waals surface area contributed by atoms with Crippen molar-refractivity contribution in [3.05, 3.63) is 24.5 Å². The predicted molar refractivity (Wildman–Crippen MR) is 30.3 cm³/mol. The molecular formula is C6H7NaO3. The van der Waals surface area contributed by atoms with Crippen molar-refractivity contribution in [2.45, 2.75) is 0 Å². The van der Waals surface area contributed by atoms with Crippen molar-refractivity contribution in [3.8, 4) is 0 Å². The Bertz CT molecular complexity index is 140. The van der Waals surface area contributed by atoms with Crippen LogP contribution in [-0.4, -0.2) is 13.1 Å². The number of allylic oxidation sites excluding steroid dienone is 2. The summed E-state index contributed by atoms with van der Waals surface area (Å²) in [6, 6.07) is 0. The smallest absolute Gasteiger partial charge is 0.545 e. The Hall–Kier alpha value is -0.250. The van der Waals surface area contributed by atoms with E-state index in [9.17, 15) is 9.90 Å². The Morgan fingerprint density at radius 3 is 2.50 bits per heavy atom. The molecule has 10 heavy (non-hydrogen) atoms. The van der Waals surface area contributed by atoms with E-state index < -0.39 is 5.97 Å². The Kier molecular flexibility index (Phi) is 10.9. The van der Waals surface area contributed by atoms with E-state index in [-0.39, 0.29) is 29.6 Å². The quantitative estimate of drug-likeness (QED) is 0.181. The van der Waals surface area contributed by atoms with E-state index in [2.05, 4.69) is 4.74 Å². The number of aliphatic carboxylic acids is 1. The molecule has 0 saturated carbocycles. The molecule has 0 heterocycles. The summed E-state index contributed by atoms with van der Waals surface area (Å²) in [4.78, 5) is 9.69. The molecule has 0 aromatic rings. The average Bonchev–Trinajstić information content (AvgIpc) is 1.80. The summed E-state index contributed by atoms with van der Waals surface area (Å²) in [6.07, 6.45) is 5.05. The first-order valence-electron chi connectivity index (χ1n) is 2.34. The number of carboxylic acids is 1. The minimum Gasteiger partial charge on any atom is -0.545 e. The fraction of sp³-hybridized carbons (Fsp3) is 0.167. The fourth-order valence-corrected chi connectivity index (χ4v) is 0.258. The molecule has 0 aliphatic rings. The van der Waals surface area contributed by atoms with Crippen LogP contribution in [0.3, 0.4) is 0 Å². The average molecular weight is 150 g/mol. The normalized spacial score (nSPS) is 9.70. The molecule has 0 bridgehead atoms. The Morgan fingerprint density at radius 2 is 2.10 bits per heavy atom. The van der Waals surface area contributed by atoms with Gasteiger partial charge in [0.1, 0.15) is 0 Å². The van der Waals surface area contributed by atoms with E-state index >= 15 is 0 Å². The van der Waals surface area contributed by atoms with Crippen molar-refractivity contribution in [2.24, 2.45) is 0 Å². The van der Waals surface area contributed by atoms with Crippen LogP contribution in [0.1, 0.15) is 0 Å². The van der Waals surface area contributed by atoms with Gasteiger partial charge in [0.2, 0.25) is 0 Å². The van der Waals surface area contributed by atoms with Crippen molar-refractivity contribution in [2.75, 3.05) is 7.11 Å². The standard InChI is InChI=1S/C6H8O3.Na/c1-9-5-3-2-4-6(7)8;/h2-5H,1H3,(H,7,8);/q;+1/p-1/b4-2+,5-3+;. The van der Waals surface area contributed by atoms with E-state index in [4.69, 9.17) is 0 Å². The maximum Gasteiger partial charge on any atom is 1.00 e. The van der Waals surface area contributed by atoms with Gasteiger partial charge < -0.3 is 14.6 Å². The molecule has 0 radical (unpaired) electrons. The molecule has 0 aromatic heterocycles. The van der Waals surface area contributed by atoms with Gasteiger partial charge in [0.25, 0.3) is 0 Å². The number of carbonyl (C=O) groups excluding carboxylic acids is 1. The SMILES string of the molecule is CO/C=C/C=C/C(=O)[O-].[Na+]. The van der Waals surface area contributed by atoms with Gasteiger partial charge in [-0.2, -0.15) is 0 Å². The molecule has 0 aliphatic carbocycles. The summed E-state index contributed by atoms with van der Waals surface area (Å²) >= 11 is 0. The number of methoxy groups -OCH3 is 1. The summed E-state index contributed by atoms with van der Waals surface area (Å²) < 4.78 is 4.48. The zero-order valence-electron chi connectivity index (χ0n) is 6.03. The zero-order valence-corrected chi connectivity index (χ0v) is 8.03. The van der Waals surface area contributed by atoms with Crippen LogP contribution in [0.5, 0.6) is 0 Å². The van der Waals surface area contributed by atoms with Crippen molar-refractivity contribution in [1.29, 1.82) is 0 Å². The molecule has 0 aromatic carbocycles. The molecule has 0 N–H and O–H groups in total. The van der Waals surface area contributed by atoms with Gasteiger partial charge in [-0.1, -0.05) is 6.08 Å². The minimum atomic E-state index is -1.21. The molecule has 0 unspecified atom stereocenters. The van der Waals surface area contributed by atoms with Crippen LogP contribution >= 0.6 is 0 Å². The monoisotopic (exact) mass is 150 g/mol. The van der Waals surface area contributed by atoms with Gasteiger partial charge in [0.05, 0.1) is 19.3 Å². The van der Waals surface area contributed by atoms with Crippen LogP contribution in [0.2, 0.25) is 0 Å². The van der Waals surface area contributed by atoms with Gasteiger partial charge in [0, 0.05) is 0 Å². The Balaban J connectivity index is 0. The first-order chi connectivity index (χ1) is 4.27. The second-order valence-electron chi connectivity index (χ2n) is 1.24. The summed E-state index contributed by atoms with van der Waals surface area (Å²) in [5.41, 5.74) is 0. The van der Waals surface area contributed by atoms with Crippen LogP contribution < -0.4 is 34.7 Å². The van der Waals surface area contributed by atoms with Gasteiger partial charge in [-0.3, -0.25) is 0 Å². The number of rotatable bonds is 3. The van der Waals surface area contributed by atoms with Gasteiger partial charge in [-0.15, -0.1) is 0 Å². The number of carboxylic acid groups (broad SMARTS) is 1. The maximum absolute atomic E-state index is 9.69. The third-order valence-corrected chi connectivity index (χ3v) is 0.558. The predicted octanol–water partition coefficient (Wildman–Crippen LogP) is -3.54. The molecule has 0 saturated heterocycles. The Morgan fingerprint density at radius 1 is 1.50 bits per heavy atom. The van der Waals surface area contributed by atoms with Crippen LogP contribution in [-0.2, 0) is 9.53 Å². The zero-order chi connectivity index (χ0) is 7.11. The number of hydrogen-bond donors (Lipinski definition) is 0. The summed E-state index contributed by atoms with van der Waals surface area (Å²) in [5, 5.41) is 9.69. The number of ether oxygens (including phenoxy) is 1.